The molecule has 3 rings (SSSR count). The molecule has 1 aliphatic rings. The SMILES string of the molecule is ClC[C@@H]1COC(CCl)(c2ccc(-c3ccccc3)cc2)O1. The third kappa shape index (κ3) is 2.95. The Labute approximate surface area is 134 Å². The Hall–Kier alpha value is -1.06. The van der Waals surface area contributed by atoms with Gasteiger partial charge in [-0.3, -0.25) is 0 Å². The maximum Gasteiger partial charge on any atom is 0.209 e. The van der Waals surface area contributed by atoms with E-state index in [0.29, 0.717) is 12.5 Å². The van der Waals surface area contributed by atoms with Crippen molar-refractivity contribution in [3.8, 4) is 11.1 Å². The number of alkyl halides is 2. The van der Waals surface area contributed by atoms with E-state index in [4.69, 9.17) is 32.7 Å². The van der Waals surface area contributed by atoms with Crippen LogP contribution in [0.2, 0.25) is 0 Å². The normalized spacial score (nSPS) is 25.1. The van der Waals surface area contributed by atoms with Gasteiger partial charge in [-0.25, -0.2) is 0 Å². The van der Waals surface area contributed by atoms with E-state index in [-0.39, 0.29) is 12.0 Å². The van der Waals surface area contributed by atoms with Crippen LogP contribution in [0.25, 0.3) is 11.1 Å². The van der Waals surface area contributed by atoms with Gasteiger partial charge in [0.05, 0.1) is 24.5 Å². The molecule has 2 atom stereocenters. The van der Waals surface area contributed by atoms with Gasteiger partial charge >= 0.3 is 0 Å². The minimum absolute atomic E-state index is 0.112. The molecule has 0 radical (unpaired) electrons. The summed E-state index contributed by atoms with van der Waals surface area (Å²) in [6.45, 7) is 0.469. The molecule has 2 aromatic rings. The van der Waals surface area contributed by atoms with Gasteiger partial charge in [0.1, 0.15) is 0 Å². The summed E-state index contributed by atoms with van der Waals surface area (Å²) < 4.78 is 11.7. The highest BCUT2D eigenvalue weighted by atomic mass is 35.5. The molecule has 1 unspecified atom stereocenters. The van der Waals surface area contributed by atoms with Gasteiger partial charge in [0.15, 0.2) is 0 Å². The molecule has 21 heavy (non-hydrogen) atoms. The van der Waals surface area contributed by atoms with E-state index in [2.05, 4.69) is 24.3 Å². The summed E-state index contributed by atoms with van der Waals surface area (Å²) in [6.07, 6.45) is -0.112. The summed E-state index contributed by atoms with van der Waals surface area (Å²) in [5.74, 6) is -0.234. The second-order valence-electron chi connectivity index (χ2n) is 5.04. The predicted molar refractivity (Wildman–Crippen MR) is 85.8 cm³/mol. The van der Waals surface area contributed by atoms with E-state index < -0.39 is 5.79 Å². The molecule has 1 saturated heterocycles. The molecule has 0 N–H and O–H groups in total. The summed E-state index contributed by atoms with van der Waals surface area (Å²) in [4.78, 5) is 0. The van der Waals surface area contributed by atoms with Crippen LogP contribution in [0.1, 0.15) is 5.56 Å². The van der Waals surface area contributed by atoms with Gasteiger partial charge in [-0.05, 0) is 11.1 Å². The molecule has 1 heterocycles. The standard InChI is InChI=1S/C17H16Cl2O2/c18-10-16-11-20-17(12-19,21-16)15-8-6-14(7-9-15)13-4-2-1-3-5-13/h1-9,16H,10-12H2/t16-,17?/m1/s1. The molecule has 0 amide bonds. The Balaban J connectivity index is 1.87. The first kappa shape index (κ1) is 14.9. The number of hydrogen-bond acceptors (Lipinski definition) is 2. The fourth-order valence-corrected chi connectivity index (χ4v) is 2.93. The highest BCUT2D eigenvalue weighted by molar-refractivity contribution is 6.18. The molecule has 0 aliphatic carbocycles. The first-order valence-electron chi connectivity index (χ1n) is 6.87. The Bertz CT molecular complexity index is 585. The number of ether oxygens (including phenoxy) is 2. The fourth-order valence-electron chi connectivity index (χ4n) is 2.49. The largest absolute Gasteiger partial charge is 0.342 e. The molecule has 4 heteroatoms. The monoisotopic (exact) mass is 322 g/mol. The lowest BCUT2D eigenvalue weighted by Gasteiger charge is -2.26. The van der Waals surface area contributed by atoms with E-state index in [1.54, 1.807) is 0 Å². The quantitative estimate of drug-likeness (QED) is 0.777. The minimum Gasteiger partial charge on any atom is -0.342 e. The van der Waals surface area contributed by atoms with Gasteiger partial charge in [-0.15, -0.1) is 23.2 Å². The smallest absolute Gasteiger partial charge is 0.209 e. The summed E-state index contributed by atoms with van der Waals surface area (Å²) >= 11 is 11.9. The first-order chi connectivity index (χ1) is 10.3. The van der Waals surface area contributed by atoms with Crippen LogP contribution in [0, 0.1) is 0 Å². The van der Waals surface area contributed by atoms with Crippen LogP contribution in [-0.4, -0.2) is 24.5 Å². The topological polar surface area (TPSA) is 18.5 Å². The number of rotatable bonds is 4. The van der Waals surface area contributed by atoms with Crippen LogP contribution >= 0.6 is 23.2 Å². The number of halogens is 2. The average Bonchev–Trinajstić information content (AvgIpc) is 3.01. The van der Waals surface area contributed by atoms with Crippen molar-refractivity contribution in [2.24, 2.45) is 0 Å². The van der Waals surface area contributed by atoms with Crippen molar-refractivity contribution in [3.63, 3.8) is 0 Å². The summed E-state index contributed by atoms with van der Waals surface area (Å²) in [7, 11) is 0. The van der Waals surface area contributed by atoms with Gasteiger partial charge in [0.2, 0.25) is 5.79 Å². The average molecular weight is 323 g/mol. The van der Waals surface area contributed by atoms with E-state index >= 15 is 0 Å². The predicted octanol–water partition coefficient (Wildman–Crippen LogP) is 4.40. The van der Waals surface area contributed by atoms with Crippen LogP contribution in [0.5, 0.6) is 0 Å². The van der Waals surface area contributed by atoms with Crippen LogP contribution in [0.15, 0.2) is 54.6 Å². The fraction of sp³-hybridized carbons (Fsp3) is 0.294. The maximum atomic E-state index is 6.09. The van der Waals surface area contributed by atoms with Gasteiger partial charge in [0.25, 0.3) is 0 Å². The van der Waals surface area contributed by atoms with Crippen molar-refractivity contribution in [2.75, 3.05) is 18.4 Å². The van der Waals surface area contributed by atoms with Crippen LogP contribution in [0.3, 0.4) is 0 Å². The molecule has 2 nitrogen and oxygen atoms in total. The molecule has 2 aromatic carbocycles. The lowest BCUT2D eigenvalue weighted by atomic mass is 10.0. The van der Waals surface area contributed by atoms with Gasteiger partial charge < -0.3 is 9.47 Å². The second-order valence-corrected chi connectivity index (χ2v) is 5.61. The van der Waals surface area contributed by atoms with Crippen molar-refractivity contribution >= 4 is 23.2 Å². The molecule has 110 valence electrons. The maximum absolute atomic E-state index is 6.09. The van der Waals surface area contributed by atoms with Crippen LogP contribution in [-0.2, 0) is 15.3 Å². The molecule has 1 aliphatic heterocycles. The van der Waals surface area contributed by atoms with E-state index in [1.807, 2.05) is 30.3 Å². The zero-order chi connectivity index (χ0) is 14.7. The van der Waals surface area contributed by atoms with Crippen LogP contribution < -0.4 is 0 Å². The first-order valence-corrected chi connectivity index (χ1v) is 7.94. The number of hydrogen-bond donors (Lipinski definition) is 0. The van der Waals surface area contributed by atoms with Crippen molar-refractivity contribution in [1.29, 1.82) is 0 Å². The highest BCUT2D eigenvalue weighted by Crippen LogP contribution is 2.36. The highest BCUT2D eigenvalue weighted by Gasteiger charge is 2.42. The lowest BCUT2D eigenvalue weighted by molar-refractivity contribution is -0.156. The van der Waals surface area contributed by atoms with Gasteiger partial charge in [-0.1, -0.05) is 54.6 Å². The molecular formula is C17H16Cl2O2. The van der Waals surface area contributed by atoms with E-state index in [9.17, 15) is 0 Å². The molecule has 0 spiro atoms. The van der Waals surface area contributed by atoms with Crippen molar-refractivity contribution < 1.29 is 9.47 Å². The third-order valence-corrected chi connectivity index (χ3v) is 4.34. The van der Waals surface area contributed by atoms with E-state index in [1.165, 1.54) is 5.56 Å². The number of benzene rings is 2. The van der Waals surface area contributed by atoms with Crippen molar-refractivity contribution in [1.82, 2.24) is 0 Å². The lowest BCUT2D eigenvalue weighted by Crippen LogP contribution is -2.30. The second kappa shape index (κ2) is 6.37. The Kier molecular flexibility index (Phi) is 4.51. The van der Waals surface area contributed by atoms with Gasteiger partial charge in [0, 0.05) is 5.56 Å². The molecular weight excluding hydrogens is 307 g/mol. The molecule has 0 aromatic heterocycles. The summed E-state index contributed by atoms with van der Waals surface area (Å²) in [5.41, 5.74) is 3.25. The molecule has 1 fully saturated rings. The molecule has 0 saturated carbocycles. The zero-order valence-electron chi connectivity index (χ0n) is 11.5. The Morgan fingerprint density at radius 1 is 0.952 bits per heavy atom. The van der Waals surface area contributed by atoms with E-state index in [0.717, 1.165) is 11.1 Å². The molecule has 0 bridgehead atoms. The Morgan fingerprint density at radius 3 is 2.19 bits per heavy atom. The van der Waals surface area contributed by atoms with Crippen molar-refractivity contribution in [2.45, 2.75) is 11.9 Å². The van der Waals surface area contributed by atoms with Crippen LogP contribution in [0.4, 0.5) is 0 Å². The summed E-state index contributed by atoms with van der Waals surface area (Å²) in [5, 5.41) is 0. The third-order valence-electron chi connectivity index (χ3n) is 3.64. The van der Waals surface area contributed by atoms with Crippen molar-refractivity contribution in [3.05, 3.63) is 60.2 Å². The summed E-state index contributed by atoms with van der Waals surface area (Å²) in [6, 6.07) is 18.3. The Morgan fingerprint density at radius 2 is 1.62 bits per heavy atom. The minimum atomic E-state index is -0.879. The zero-order valence-corrected chi connectivity index (χ0v) is 13.0. The van der Waals surface area contributed by atoms with Gasteiger partial charge in [-0.2, -0.15) is 0 Å².